The molecule has 0 spiro atoms. The first-order valence-corrected chi connectivity index (χ1v) is 4.14. The number of nitrogens with one attached hydrogen (secondary N) is 1. The summed E-state index contributed by atoms with van der Waals surface area (Å²) in [5, 5.41) is 10.2. The number of aliphatic hydroxyl groups excluding tert-OH is 1. The predicted octanol–water partition coefficient (Wildman–Crippen LogP) is -0.438. The quantitative estimate of drug-likeness (QED) is 0.571. The molecule has 0 aromatic heterocycles. The SMILES string of the molecule is CO.O=CCOC1CCNCC1. The molecular weight excluding hydrogens is 158 g/mol. The van der Waals surface area contributed by atoms with Crippen molar-refractivity contribution in [3.63, 3.8) is 0 Å². The number of rotatable bonds is 3. The Bertz CT molecular complexity index is 102. The number of carbonyl (C=O) groups is 1. The van der Waals surface area contributed by atoms with Crippen LogP contribution in [-0.2, 0) is 9.53 Å². The molecule has 2 N–H and O–H groups in total. The second kappa shape index (κ2) is 8.64. The van der Waals surface area contributed by atoms with Crippen LogP contribution in [0.4, 0.5) is 0 Å². The first-order chi connectivity index (χ1) is 5.93. The lowest BCUT2D eigenvalue weighted by Crippen LogP contribution is -2.32. The molecule has 4 heteroatoms. The summed E-state index contributed by atoms with van der Waals surface area (Å²) in [5.74, 6) is 0. The Morgan fingerprint density at radius 2 is 2.08 bits per heavy atom. The van der Waals surface area contributed by atoms with Crippen molar-refractivity contribution in [3.05, 3.63) is 0 Å². The van der Waals surface area contributed by atoms with Crippen LogP contribution in [0.2, 0.25) is 0 Å². The number of ether oxygens (including phenoxy) is 1. The van der Waals surface area contributed by atoms with Gasteiger partial charge in [0.2, 0.25) is 0 Å². The second-order valence-corrected chi connectivity index (χ2v) is 2.45. The van der Waals surface area contributed by atoms with E-state index < -0.39 is 0 Å². The molecule has 1 rings (SSSR count). The Kier molecular flexibility index (Phi) is 8.32. The van der Waals surface area contributed by atoms with Gasteiger partial charge in [-0.1, -0.05) is 0 Å². The number of carbonyl (C=O) groups excluding carboxylic acids is 1. The smallest absolute Gasteiger partial charge is 0.145 e. The molecule has 72 valence electrons. The molecule has 0 bridgehead atoms. The van der Waals surface area contributed by atoms with Gasteiger partial charge >= 0.3 is 0 Å². The lowest BCUT2D eigenvalue weighted by molar-refractivity contribution is -0.114. The van der Waals surface area contributed by atoms with Gasteiger partial charge in [-0.25, -0.2) is 0 Å². The van der Waals surface area contributed by atoms with Crippen molar-refractivity contribution in [3.8, 4) is 0 Å². The van der Waals surface area contributed by atoms with E-state index in [1.54, 1.807) is 0 Å². The van der Waals surface area contributed by atoms with Crippen molar-refractivity contribution < 1.29 is 14.6 Å². The summed E-state index contributed by atoms with van der Waals surface area (Å²) in [7, 11) is 1.00. The maximum Gasteiger partial charge on any atom is 0.145 e. The highest BCUT2D eigenvalue weighted by atomic mass is 16.5. The fraction of sp³-hybridized carbons (Fsp3) is 0.875. The molecule has 4 nitrogen and oxygen atoms in total. The number of hydrogen-bond acceptors (Lipinski definition) is 4. The molecule has 1 aliphatic rings. The lowest BCUT2D eigenvalue weighted by atomic mass is 10.1. The van der Waals surface area contributed by atoms with E-state index in [1.165, 1.54) is 0 Å². The van der Waals surface area contributed by atoms with E-state index in [-0.39, 0.29) is 6.61 Å². The number of aliphatic hydroxyl groups is 1. The van der Waals surface area contributed by atoms with Crippen LogP contribution in [0, 0.1) is 0 Å². The molecule has 0 unspecified atom stereocenters. The highest BCUT2D eigenvalue weighted by Crippen LogP contribution is 2.05. The summed E-state index contributed by atoms with van der Waals surface area (Å²) in [6, 6.07) is 0. The summed E-state index contributed by atoms with van der Waals surface area (Å²) in [6.45, 7) is 2.29. The summed E-state index contributed by atoms with van der Waals surface area (Å²) in [4.78, 5) is 9.91. The third-order valence-electron chi connectivity index (χ3n) is 1.69. The maximum atomic E-state index is 9.91. The van der Waals surface area contributed by atoms with Crippen molar-refractivity contribution in [2.24, 2.45) is 0 Å². The Balaban J connectivity index is 0.000000561. The van der Waals surface area contributed by atoms with Crippen LogP contribution >= 0.6 is 0 Å². The summed E-state index contributed by atoms with van der Waals surface area (Å²) in [5.41, 5.74) is 0. The van der Waals surface area contributed by atoms with Crippen molar-refractivity contribution in [1.82, 2.24) is 5.32 Å². The van der Waals surface area contributed by atoms with Crippen LogP contribution in [0.15, 0.2) is 0 Å². The van der Waals surface area contributed by atoms with Crippen molar-refractivity contribution in [2.45, 2.75) is 18.9 Å². The Hall–Kier alpha value is -0.450. The van der Waals surface area contributed by atoms with E-state index in [0.29, 0.717) is 6.10 Å². The van der Waals surface area contributed by atoms with Gasteiger partial charge < -0.3 is 20.0 Å². The monoisotopic (exact) mass is 175 g/mol. The van der Waals surface area contributed by atoms with E-state index in [2.05, 4.69) is 5.32 Å². The van der Waals surface area contributed by atoms with E-state index in [9.17, 15) is 4.79 Å². The fourth-order valence-corrected chi connectivity index (χ4v) is 1.14. The number of piperidine rings is 1. The predicted molar refractivity (Wildman–Crippen MR) is 46.1 cm³/mol. The van der Waals surface area contributed by atoms with Crippen molar-refractivity contribution >= 4 is 6.29 Å². The minimum Gasteiger partial charge on any atom is -0.400 e. The largest absolute Gasteiger partial charge is 0.400 e. The molecule has 1 aliphatic heterocycles. The minimum atomic E-state index is 0.255. The van der Waals surface area contributed by atoms with Gasteiger partial charge in [0, 0.05) is 7.11 Å². The zero-order valence-corrected chi connectivity index (χ0v) is 7.45. The standard InChI is InChI=1S/C7H13NO2.CH4O/c9-5-6-10-7-1-3-8-4-2-7;1-2/h5,7-8H,1-4,6H2;2H,1H3. The zero-order valence-electron chi connectivity index (χ0n) is 7.45. The first-order valence-electron chi connectivity index (χ1n) is 4.14. The highest BCUT2D eigenvalue weighted by Gasteiger charge is 2.11. The van der Waals surface area contributed by atoms with Crippen LogP contribution < -0.4 is 5.32 Å². The van der Waals surface area contributed by atoms with Crippen LogP contribution in [0.3, 0.4) is 0 Å². The Morgan fingerprint density at radius 3 is 2.58 bits per heavy atom. The van der Waals surface area contributed by atoms with Crippen LogP contribution in [-0.4, -0.2) is 44.3 Å². The van der Waals surface area contributed by atoms with Crippen LogP contribution in [0.25, 0.3) is 0 Å². The average Bonchev–Trinajstić information content (AvgIpc) is 2.19. The fourth-order valence-electron chi connectivity index (χ4n) is 1.14. The summed E-state index contributed by atoms with van der Waals surface area (Å²) < 4.78 is 5.22. The Morgan fingerprint density at radius 1 is 1.50 bits per heavy atom. The van der Waals surface area contributed by atoms with E-state index in [1.807, 2.05) is 0 Å². The van der Waals surface area contributed by atoms with Crippen molar-refractivity contribution in [2.75, 3.05) is 26.8 Å². The first kappa shape index (κ1) is 11.6. The molecular formula is C8H17NO3. The molecule has 1 heterocycles. The minimum absolute atomic E-state index is 0.255. The number of hydrogen-bond donors (Lipinski definition) is 2. The molecule has 0 aromatic carbocycles. The highest BCUT2D eigenvalue weighted by molar-refractivity contribution is 5.50. The molecule has 1 fully saturated rings. The molecule has 12 heavy (non-hydrogen) atoms. The molecule has 0 saturated carbocycles. The Labute approximate surface area is 72.9 Å². The molecule has 0 aliphatic carbocycles. The molecule has 0 atom stereocenters. The lowest BCUT2D eigenvalue weighted by Gasteiger charge is -2.21. The van der Waals surface area contributed by atoms with Gasteiger partial charge in [-0.15, -0.1) is 0 Å². The van der Waals surface area contributed by atoms with Gasteiger partial charge in [0.25, 0.3) is 0 Å². The topological polar surface area (TPSA) is 58.6 Å². The second-order valence-electron chi connectivity index (χ2n) is 2.45. The molecule has 1 saturated heterocycles. The zero-order chi connectivity index (χ0) is 9.23. The average molecular weight is 175 g/mol. The third-order valence-corrected chi connectivity index (χ3v) is 1.69. The molecule has 0 amide bonds. The molecule has 0 radical (unpaired) electrons. The summed E-state index contributed by atoms with van der Waals surface area (Å²) in [6.07, 6.45) is 3.19. The maximum absolute atomic E-state index is 9.91. The van der Waals surface area contributed by atoms with Gasteiger partial charge in [0.15, 0.2) is 0 Å². The van der Waals surface area contributed by atoms with Crippen LogP contribution in [0.5, 0.6) is 0 Å². The van der Waals surface area contributed by atoms with E-state index >= 15 is 0 Å². The van der Waals surface area contributed by atoms with E-state index in [0.717, 1.165) is 39.3 Å². The van der Waals surface area contributed by atoms with Gasteiger partial charge in [-0.2, -0.15) is 0 Å². The van der Waals surface area contributed by atoms with Crippen LogP contribution in [0.1, 0.15) is 12.8 Å². The van der Waals surface area contributed by atoms with Gasteiger partial charge in [-0.05, 0) is 25.9 Å². The van der Waals surface area contributed by atoms with Gasteiger partial charge in [-0.3, -0.25) is 0 Å². The summed E-state index contributed by atoms with van der Waals surface area (Å²) >= 11 is 0. The normalized spacial score (nSPS) is 17.8. The van der Waals surface area contributed by atoms with Gasteiger partial charge in [0.05, 0.1) is 6.10 Å². The third kappa shape index (κ3) is 5.23. The molecule has 0 aromatic rings. The van der Waals surface area contributed by atoms with Crippen molar-refractivity contribution in [1.29, 1.82) is 0 Å². The van der Waals surface area contributed by atoms with E-state index in [4.69, 9.17) is 9.84 Å². The van der Waals surface area contributed by atoms with Gasteiger partial charge in [0.1, 0.15) is 12.9 Å². The number of aldehydes is 1.